The molecule has 0 radical (unpaired) electrons. The van der Waals surface area contributed by atoms with Crippen LogP contribution in [0, 0.1) is 6.92 Å². The Hall–Kier alpha value is -3.92. The minimum absolute atomic E-state index is 0.0374. The third-order valence-corrected chi connectivity index (χ3v) is 7.62. The molecule has 2 aromatic carbocycles. The second-order valence-corrected chi connectivity index (χ2v) is 10.1. The predicted molar refractivity (Wildman–Crippen MR) is 142 cm³/mol. The Morgan fingerprint density at radius 3 is 2.43 bits per heavy atom. The maximum atomic E-state index is 14.0. The molecule has 37 heavy (non-hydrogen) atoms. The van der Waals surface area contributed by atoms with E-state index in [4.69, 9.17) is 11.5 Å². The highest BCUT2D eigenvalue weighted by Gasteiger charge is 2.35. The zero-order valence-corrected chi connectivity index (χ0v) is 21.5. The van der Waals surface area contributed by atoms with Gasteiger partial charge in [-0.25, -0.2) is 0 Å². The van der Waals surface area contributed by atoms with Crippen molar-refractivity contribution < 1.29 is 19.5 Å². The molecule has 1 aliphatic rings. The second kappa shape index (κ2) is 11.4. The fraction of sp³-hybridized carbons (Fsp3) is 0.333. The molecule has 1 saturated carbocycles. The Morgan fingerprint density at radius 1 is 1.14 bits per heavy atom. The number of aryl methyl sites for hydroxylation is 1. The van der Waals surface area contributed by atoms with E-state index in [1.54, 1.807) is 12.1 Å². The van der Waals surface area contributed by atoms with Gasteiger partial charge in [-0.05, 0) is 66.5 Å². The molecule has 1 aliphatic carbocycles. The van der Waals surface area contributed by atoms with Crippen LogP contribution in [0.3, 0.4) is 0 Å². The first-order valence-corrected chi connectivity index (χ1v) is 13.0. The van der Waals surface area contributed by atoms with Gasteiger partial charge in [0.15, 0.2) is 5.69 Å². The highest BCUT2D eigenvalue weighted by molar-refractivity contribution is 7.09. The van der Waals surface area contributed by atoms with E-state index in [9.17, 15) is 19.5 Å². The molecule has 4 rings (SSSR count). The van der Waals surface area contributed by atoms with Crippen LogP contribution in [0.5, 0.6) is 5.75 Å². The molecule has 194 valence electrons. The van der Waals surface area contributed by atoms with Crippen molar-refractivity contribution in [2.24, 2.45) is 5.73 Å². The van der Waals surface area contributed by atoms with Gasteiger partial charge >= 0.3 is 0 Å². The number of nitrogens with two attached hydrogens (primary N) is 2. The lowest BCUT2D eigenvalue weighted by atomic mass is 10.0. The van der Waals surface area contributed by atoms with Gasteiger partial charge in [0, 0.05) is 12.6 Å². The van der Waals surface area contributed by atoms with Gasteiger partial charge < -0.3 is 26.8 Å². The number of nitrogen functional groups attached to an aromatic ring is 1. The molecule has 0 spiro atoms. The van der Waals surface area contributed by atoms with Crippen LogP contribution in [-0.2, 0) is 11.2 Å². The van der Waals surface area contributed by atoms with E-state index < -0.39 is 17.9 Å². The normalized spacial score (nSPS) is 14.3. The van der Waals surface area contributed by atoms with Crippen LogP contribution in [0.1, 0.15) is 68.6 Å². The quantitative estimate of drug-likeness (QED) is 0.339. The number of hydrogen-bond acceptors (Lipinski definition) is 7. The molecule has 3 amide bonds. The summed E-state index contributed by atoms with van der Waals surface area (Å²) in [4.78, 5) is 41.0. The number of aromatic hydroxyl groups is 1. The standard InChI is InChI=1S/C27H31N5O4S/c1-16-6-2-3-7-17(16)14-15-32(27(36)24-21(28)22(25(29)34)31-37-24)23(18-10-12-20(33)13-11-18)26(35)30-19-8-4-5-9-19/h2-3,6-7,10-13,19,23,33H,4-5,8-9,14-15,28H2,1H3,(H2,29,34)(H,30,35)/t23-/m1/s1. The fourth-order valence-corrected chi connectivity index (χ4v) is 5.48. The number of amides is 3. The minimum Gasteiger partial charge on any atom is -0.508 e. The summed E-state index contributed by atoms with van der Waals surface area (Å²) in [6.07, 6.45) is 4.34. The lowest BCUT2D eigenvalue weighted by molar-refractivity contribution is -0.126. The van der Waals surface area contributed by atoms with Crippen LogP contribution < -0.4 is 16.8 Å². The van der Waals surface area contributed by atoms with Crippen molar-refractivity contribution in [2.45, 2.75) is 51.1 Å². The molecule has 1 heterocycles. The van der Waals surface area contributed by atoms with Crippen molar-refractivity contribution in [1.29, 1.82) is 0 Å². The van der Waals surface area contributed by atoms with Crippen LogP contribution in [-0.4, -0.2) is 44.7 Å². The van der Waals surface area contributed by atoms with E-state index in [0.29, 0.717) is 12.0 Å². The molecule has 3 aromatic rings. The zero-order chi connectivity index (χ0) is 26.5. The van der Waals surface area contributed by atoms with E-state index in [1.165, 1.54) is 17.0 Å². The third kappa shape index (κ3) is 5.91. The van der Waals surface area contributed by atoms with Crippen LogP contribution in [0.25, 0.3) is 0 Å². The van der Waals surface area contributed by atoms with Crippen molar-refractivity contribution in [2.75, 3.05) is 12.3 Å². The van der Waals surface area contributed by atoms with Gasteiger partial charge in [0.1, 0.15) is 16.7 Å². The van der Waals surface area contributed by atoms with Crippen LogP contribution in [0.4, 0.5) is 5.69 Å². The second-order valence-electron chi connectivity index (χ2n) is 9.30. The molecular formula is C27H31N5O4S. The number of rotatable bonds is 9. The van der Waals surface area contributed by atoms with E-state index >= 15 is 0 Å². The summed E-state index contributed by atoms with van der Waals surface area (Å²) in [5.74, 6) is -1.60. The Balaban J connectivity index is 1.75. The number of aromatic nitrogens is 1. The molecule has 1 fully saturated rings. The molecule has 1 atom stereocenters. The van der Waals surface area contributed by atoms with E-state index in [-0.39, 0.29) is 40.5 Å². The SMILES string of the molecule is Cc1ccccc1CCN(C(=O)c1snc(C(N)=O)c1N)[C@@H](C(=O)NC1CCCC1)c1ccc(O)cc1. The van der Waals surface area contributed by atoms with Gasteiger partial charge in [-0.3, -0.25) is 14.4 Å². The Morgan fingerprint density at radius 2 is 1.81 bits per heavy atom. The van der Waals surface area contributed by atoms with Crippen molar-refractivity contribution >= 4 is 34.9 Å². The number of carbonyl (C=O) groups excluding carboxylic acids is 3. The summed E-state index contributed by atoms with van der Waals surface area (Å²) < 4.78 is 3.98. The van der Waals surface area contributed by atoms with Crippen LogP contribution in [0.2, 0.25) is 0 Å². The summed E-state index contributed by atoms with van der Waals surface area (Å²) in [5.41, 5.74) is 13.9. The third-order valence-electron chi connectivity index (χ3n) is 6.77. The number of phenolic OH excluding ortho intramolecular Hbond substituents is 1. The number of phenols is 1. The maximum Gasteiger partial charge on any atom is 0.270 e. The molecular weight excluding hydrogens is 490 g/mol. The number of hydrogen-bond donors (Lipinski definition) is 4. The minimum atomic E-state index is -0.990. The maximum absolute atomic E-state index is 14.0. The number of benzene rings is 2. The van der Waals surface area contributed by atoms with Gasteiger partial charge in [-0.1, -0.05) is 49.2 Å². The van der Waals surface area contributed by atoms with E-state index in [2.05, 4.69) is 9.69 Å². The first kappa shape index (κ1) is 26.2. The Labute approximate surface area is 219 Å². The van der Waals surface area contributed by atoms with Crippen LogP contribution >= 0.6 is 11.5 Å². The smallest absolute Gasteiger partial charge is 0.270 e. The first-order valence-electron chi connectivity index (χ1n) is 12.3. The molecule has 0 saturated heterocycles. The zero-order valence-electron chi connectivity index (χ0n) is 20.6. The highest BCUT2D eigenvalue weighted by Crippen LogP contribution is 2.31. The summed E-state index contributed by atoms with van der Waals surface area (Å²) in [5, 5.41) is 13.0. The summed E-state index contributed by atoms with van der Waals surface area (Å²) >= 11 is 0.787. The van der Waals surface area contributed by atoms with Crippen LogP contribution in [0.15, 0.2) is 48.5 Å². The van der Waals surface area contributed by atoms with E-state index in [1.807, 2.05) is 31.2 Å². The number of primary amides is 1. The average Bonchev–Trinajstić information content (AvgIpc) is 3.52. The molecule has 1 aromatic heterocycles. The molecule has 0 bridgehead atoms. The van der Waals surface area contributed by atoms with Gasteiger partial charge in [-0.15, -0.1) is 0 Å². The van der Waals surface area contributed by atoms with Gasteiger partial charge in [0.2, 0.25) is 5.91 Å². The van der Waals surface area contributed by atoms with Gasteiger partial charge in [0.05, 0.1) is 5.69 Å². The van der Waals surface area contributed by atoms with Crippen molar-refractivity contribution in [3.63, 3.8) is 0 Å². The van der Waals surface area contributed by atoms with E-state index in [0.717, 1.165) is 48.3 Å². The summed E-state index contributed by atoms with van der Waals surface area (Å²) in [6.45, 7) is 2.20. The largest absolute Gasteiger partial charge is 0.508 e. The fourth-order valence-electron chi connectivity index (χ4n) is 4.72. The lowest BCUT2D eigenvalue weighted by Crippen LogP contribution is -2.46. The topological polar surface area (TPSA) is 152 Å². The van der Waals surface area contributed by atoms with Gasteiger partial charge in [0.25, 0.3) is 11.8 Å². The summed E-state index contributed by atoms with van der Waals surface area (Å²) in [6, 6.07) is 13.1. The average molecular weight is 522 g/mol. The van der Waals surface area contributed by atoms with Gasteiger partial charge in [-0.2, -0.15) is 4.37 Å². The Bertz CT molecular complexity index is 1280. The predicted octanol–water partition coefficient (Wildman–Crippen LogP) is 3.32. The number of carbonyl (C=O) groups is 3. The molecule has 6 N–H and O–H groups in total. The molecule has 9 nitrogen and oxygen atoms in total. The Kier molecular flexibility index (Phi) is 8.08. The highest BCUT2D eigenvalue weighted by atomic mass is 32.1. The van der Waals surface area contributed by atoms with Crippen molar-refractivity contribution in [3.8, 4) is 5.75 Å². The first-order chi connectivity index (χ1) is 17.8. The molecule has 0 aliphatic heterocycles. The monoisotopic (exact) mass is 521 g/mol. The van der Waals surface area contributed by atoms with Crippen molar-refractivity contribution in [1.82, 2.24) is 14.6 Å². The van der Waals surface area contributed by atoms with Crippen molar-refractivity contribution in [3.05, 3.63) is 75.8 Å². The number of nitrogens with zero attached hydrogens (tertiary/aromatic N) is 2. The summed E-state index contributed by atoms with van der Waals surface area (Å²) in [7, 11) is 0. The molecule has 0 unspecified atom stereocenters. The lowest BCUT2D eigenvalue weighted by Gasteiger charge is -2.32. The molecule has 10 heteroatoms. The number of nitrogens with one attached hydrogen (secondary N) is 1. The number of anilines is 1.